The van der Waals surface area contributed by atoms with E-state index in [0.717, 1.165) is 23.1 Å². The number of fused-ring (bicyclic) bond motifs is 1. The standard InChI is InChI=1S/C15H16BrNOS/c16-13-6-7-19-15(13)9-18-11-5-4-10-2-1-3-14(17)12(10)8-11/h4-8,14H,1-3,9,17H2/t14-/m0/s1. The summed E-state index contributed by atoms with van der Waals surface area (Å²) in [6.07, 6.45) is 3.41. The summed E-state index contributed by atoms with van der Waals surface area (Å²) >= 11 is 5.22. The van der Waals surface area contributed by atoms with E-state index in [4.69, 9.17) is 10.5 Å². The van der Waals surface area contributed by atoms with Crippen LogP contribution in [0, 0.1) is 0 Å². The molecule has 0 bridgehead atoms. The van der Waals surface area contributed by atoms with Crippen LogP contribution in [0.15, 0.2) is 34.1 Å². The van der Waals surface area contributed by atoms with Crippen molar-refractivity contribution >= 4 is 27.3 Å². The van der Waals surface area contributed by atoms with Crippen LogP contribution < -0.4 is 10.5 Å². The Kier molecular flexibility index (Phi) is 3.91. The minimum Gasteiger partial charge on any atom is -0.488 e. The molecule has 100 valence electrons. The predicted molar refractivity (Wildman–Crippen MR) is 82.7 cm³/mol. The largest absolute Gasteiger partial charge is 0.488 e. The van der Waals surface area contributed by atoms with E-state index in [9.17, 15) is 0 Å². The number of aryl methyl sites for hydroxylation is 1. The van der Waals surface area contributed by atoms with Gasteiger partial charge in [0.2, 0.25) is 0 Å². The van der Waals surface area contributed by atoms with E-state index in [1.54, 1.807) is 11.3 Å². The molecule has 0 saturated carbocycles. The van der Waals surface area contributed by atoms with Crippen LogP contribution in [-0.4, -0.2) is 0 Å². The Bertz CT molecular complexity index is 581. The fraction of sp³-hybridized carbons (Fsp3) is 0.333. The zero-order valence-electron chi connectivity index (χ0n) is 10.6. The zero-order valence-corrected chi connectivity index (χ0v) is 13.0. The first-order chi connectivity index (χ1) is 9.24. The molecule has 1 aliphatic carbocycles. The van der Waals surface area contributed by atoms with Gasteiger partial charge in [-0.2, -0.15) is 0 Å². The van der Waals surface area contributed by atoms with Gasteiger partial charge in [0.15, 0.2) is 0 Å². The summed E-state index contributed by atoms with van der Waals surface area (Å²) in [6, 6.07) is 8.54. The highest BCUT2D eigenvalue weighted by Gasteiger charge is 2.17. The van der Waals surface area contributed by atoms with Crippen molar-refractivity contribution in [3.05, 3.63) is 50.1 Å². The second-order valence-corrected chi connectivity index (χ2v) is 6.69. The molecule has 0 saturated heterocycles. The number of nitrogens with two attached hydrogens (primary N) is 1. The summed E-state index contributed by atoms with van der Waals surface area (Å²) in [7, 11) is 0. The Morgan fingerprint density at radius 3 is 3.05 bits per heavy atom. The quantitative estimate of drug-likeness (QED) is 0.899. The number of benzene rings is 1. The molecule has 19 heavy (non-hydrogen) atoms. The maximum absolute atomic E-state index is 6.17. The summed E-state index contributed by atoms with van der Waals surface area (Å²) in [5.74, 6) is 0.913. The second kappa shape index (κ2) is 5.65. The molecule has 1 atom stereocenters. The van der Waals surface area contributed by atoms with Crippen LogP contribution >= 0.6 is 27.3 Å². The number of thiophene rings is 1. The molecule has 1 aromatic heterocycles. The van der Waals surface area contributed by atoms with E-state index in [2.05, 4.69) is 39.5 Å². The number of rotatable bonds is 3. The zero-order chi connectivity index (χ0) is 13.2. The first-order valence-corrected chi connectivity index (χ1v) is 8.14. The van der Waals surface area contributed by atoms with Gasteiger partial charge in [-0.15, -0.1) is 11.3 Å². The fourth-order valence-corrected chi connectivity index (χ4v) is 3.86. The molecule has 0 fully saturated rings. The van der Waals surface area contributed by atoms with Crippen LogP contribution in [-0.2, 0) is 13.0 Å². The third kappa shape index (κ3) is 2.86. The highest BCUT2D eigenvalue weighted by atomic mass is 79.9. The number of hydrogen-bond donors (Lipinski definition) is 1. The third-order valence-corrected chi connectivity index (χ3v) is 5.44. The van der Waals surface area contributed by atoms with Gasteiger partial charge in [0.25, 0.3) is 0 Å². The molecular weight excluding hydrogens is 322 g/mol. The Balaban J connectivity index is 1.75. The van der Waals surface area contributed by atoms with Crippen molar-refractivity contribution in [2.45, 2.75) is 31.9 Å². The number of halogens is 1. The Labute approximate surface area is 125 Å². The lowest BCUT2D eigenvalue weighted by Gasteiger charge is -2.22. The molecule has 4 heteroatoms. The van der Waals surface area contributed by atoms with Crippen molar-refractivity contribution < 1.29 is 4.74 Å². The predicted octanol–water partition coefficient (Wildman–Crippen LogP) is 4.43. The molecular formula is C15H16BrNOS. The van der Waals surface area contributed by atoms with Gasteiger partial charge < -0.3 is 10.5 Å². The summed E-state index contributed by atoms with van der Waals surface area (Å²) in [4.78, 5) is 1.21. The van der Waals surface area contributed by atoms with E-state index < -0.39 is 0 Å². The van der Waals surface area contributed by atoms with E-state index in [1.807, 2.05) is 6.07 Å². The maximum Gasteiger partial charge on any atom is 0.124 e. The van der Waals surface area contributed by atoms with E-state index in [1.165, 1.54) is 22.4 Å². The van der Waals surface area contributed by atoms with Crippen LogP contribution in [0.3, 0.4) is 0 Å². The summed E-state index contributed by atoms with van der Waals surface area (Å²) in [6.45, 7) is 0.603. The number of ether oxygens (including phenoxy) is 1. The van der Waals surface area contributed by atoms with Crippen molar-refractivity contribution in [1.29, 1.82) is 0 Å². The van der Waals surface area contributed by atoms with Gasteiger partial charge in [0.1, 0.15) is 12.4 Å². The van der Waals surface area contributed by atoms with Crippen LogP contribution in [0.1, 0.15) is 34.9 Å². The lowest BCUT2D eigenvalue weighted by molar-refractivity contribution is 0.308. The van der Waals surface area contributed by atoms with Crippen LogP contribution in [0.4, 0.5) is 0 Å². The average molecular weight is 338 g/mol. The van der Waals surface area contributed by atoms with Gasteiger partial charge in [0.05, 0.1) is 4.88 Å². The minimum absolute atomic E-state index is 0.167. The van der Waals surface area contributed by atoms with Gasteiger partial charge >= 0.3 is 0 Å². The van der Waals surface area contributed by atoms with Gasteiger partial charge in [-0.05, 0) is 69.9 Å². The SMILES string of the molecule is N[C@H]1CCCc2ccc(OCc3sccc3Br)cc21. The minimum atomic E-state index is 0.167. The van der Waals surface area contributed by atoms with E-state index in [-0.39, 0.29) is 6.04 Å². The van der Waals surface area contributed by atoms with Crippen molar-refractivity contribution in [1.82, 2.24) is 0 Å². The van der Waals surface area contributed by atoms with Crippen molar-refractivity contribution in [2.24, 2.45) is 5.73 Å². The molecule has 1 heterocycles. The van der Waals surface area contributed by atoms with E-state index in [0.29, 0.717) is 6.61 Å². The molecule has 0 spiro atoms. The molecule has 1 aromatic carbocycles. The van der Waals surface area contributed by atoms with Gasteiger partial charge in [-0.1, -0.05) is 6.07 Å². The van der Waals surface area contributed by atoms with Gasteiger partial charge in [0, 0.05) is 10.5 Å². The van der Waals surface area contributed by atoms with Gasteiger partial charge in [-0.3, -0.25) is 0 Å². The molecule has 2 aromatic rings. The first-order valence-electron chi connectivity index (χ1n) is 6.47. The third-order valence-electron chi connectivity index (χ3n) is 3.54. The highest BCUT2D eigenvalue weighted by molar-refractivity contribution is 9.10. The monoisotopic (exact) mass is 337 g/mol. The molecule has 2 nitrogen and oxygen atoms in total. The summed E-state index contributed by atoms with van der Waals surface area (Å²) in [5, 5.41) is 2.06. The maximum atomic E-state index is 6.17. The molecule has 0 amide bonds. The number of hydrogen-bond acceptors (Lipinski definition) is 3. The molecule has 2 N–H and O–H groups in total. The average Bonchev–Trinajstić information content (AvgIpc) is 2.83. The van der Waals surface area contributed by atoms with Crippen LogP contribution in [0.25, 0.3) is 0 Å². The second-order valence-electron chi connectivity index (χ2n) is 4.84. The normalized spacial score (nSPS) is 18.1. The molecule has 0 radical (unpaired) electrons. The van der Waals surface area contributed by atoms with Crippen molar-refractivity contribution in [2.75, 3.05) is 0 Å². The van der Waals surface area contributed by atoms with Crippen molar-refractivity contribution in [3.8, 4) is 5.75 Å². The van der Waals surface area contributed by atoms with Gasteiger partial charge in [-0.25, -0.2) is 0 Å². The molecule has 1 aliphatic rings. The fourth-order valence-electron chi connectivity index (χ4n) is 2.48. The lowest BCUT2D eigenvalue weighted by atomic mass is 9.88. The smallest absolute Gasteiger partial charge is 0.124 e. The Morgan fingerprint density at radius 1 is 1.37 bits per heavy atom. The topological polar surface area (TPSA) is 35.2 Å². The molecule has 0 aliphatic heterocycles. The summed E-state index contributed by atoms with van der Waals surface area (Å²) in [5.41, 5.74) is 8.81. The molecule has 0 unspecified atom stereocenters. The summed E-state index contributed by atoms with van der Waals surface area (Å²) < 4.78 is 6.99. The van der Waals surface area contributed by atoms with E-state index >= 15 is 0 Å². The van der Waals surface area contributed by atoms with Crippen LogP contribution in [0.5, 0.6) is 5.75 Å². The Morgan fingerprint density at radius 2 is 2.26 bits per heavy atom. The van der Waals surface area contributed by atoms with Crippen LogP contribution in [0.2, 0.25) is 0 Å². The Hall–Kier alpha value is -0.840. The van der Waals surface area contributed by atoms with Crippen molar-refractivity contribution in [3.63, 3.8) is 0 Å². The first kappa shape index (κ1) is 13.2. The highest BCUT2D eigenvalue weighted by Crippen LogP contribution is 2.31. The molecule has 3 rings (SSSR count). The lowest BCUT2D eigenvalue weighted by Crippen LogP contribution is -2.17.